The van der Waals surface area contributed by atoms with Crippen LogP contribution in [0.1, 0.15) is 9.68 Å². The van der Waals surface area contributed by atoms with Gasteiger partial charge in [0.25, 0.3) is 5.24 Å². The van der Waals surface area contributed by atoms with Crippen LogP contribution in [0.25, 0.3) is 0 Å². The quantitative estimate of drug-likeness (QED) is 0.715. The molecule has 1 atom stereocenters. The summed E-state index contributed by atoms with van der Waals surface area (Å²) in [6, 6.07) is 9.86. The molecule has 8 heteroatoms. The van der Waals surface area contributed by atoms with Crippen molar-refractivity contribution in [3.05, 3.63) is 48.2 Å². The molecule has 0 saturated carbocycles. The van der Waals surface area contributed by atoms with Gasteiger partial charge in [-0.15, -0.1) is 0 Å². The lowest BCUT2D eigenvalue weighted by Gasteiger charge is -2.18. The molecule has 136 valence electrons. The molecule has 1 fully saturated rings. The average Bonchev–Trinajstić information content (AvgIpc) is 2.97. The third kappa shape index (κ3) is 4.66. The number of hydrogen-bond donors (Lipinski definition) is 2. The van der Waals surface area contributed by atoms with E-state index in [0.29, 0.717) is 12.2 Å². The summed E-state index contributed by atoms with van der Waals surface area (Å²) in [7, 11) is 0. The monoisotopic (exact) mass is 377 g/mol. The van der Waals surface area contributed by atoms with Crippen molar-refractivity contribution >= 4 is 28.7 Å². The molecule has 7 nitrogen and oxygen atoms in total. The molecule has 26 heavy (non-hydrogen) atoms. The van der Waals surface area contributed by atoms with Crippen molar-refractivity contribution in [2.24, 2.45) is 0 Å². The van der Waals surface area contributed by atoms with Gasteiger partial charge in [0.15, 0.2) is 0 Å². The van der Waals surface area contributed by atoms with Gasteiger partial charge in [-0.25, -0.2) is 4.98 Å². The maximum atomic E-state index is 11.6. The second kappa shape index (κ2) is 8.09. The van der Waals surface area contributed by atoms with Crippen LogP contribution in [-0.2, 0) is 11.2 Å². The van der Waals surface area contributed by atoms with E-state index in [2.05, 4.69) is 10.3 Å². The number of anilines is 1. The van der Waals surface area contributed by atoms with Gasteiger partial charge < -0.3 is 14.7 Å². The third-order valence-corrected chi connectivity index (χ3v) is 4.69. The highest BCUT2D eigenvalue weighted by molar-refractivity contribution is 8.15. The first kappa shape index (κ1) is 14.4. The minimum Gasteiger partial charge on any atom is -0.506 e. The molecule has 2 aromatic rings. The van der Waals surface area contributed by atoms with Crippen molar-refractivity contribution in [2.75, 3.05) is 25.0 Å². The smallest absolute Gasteiger partial charge is 0.286 e. The Kier molecular flexibility index (Phi) is 4.49. The number of likely N-dealkylation sites (N-methyl/N-ethyl adjacent to an activating group) is 1. The number of benzene rings is 1. The normalized spacial score (nSPS) is 18.6. The second-order valence-corrected chi connectivity index (χ2v) is 6.78. The number of hydrogen-bond acceptors (Lipinski definition) is 7. The van der Waals surface area contributed by atoms with Gasteiger partial charge in [-0.1, -0.05) is 23.9 Å². The maximum Gasteiger partial charge on any atom is 0.286 e. The van der Waals surface area contributed by atoms with E-state index in [1.807, 2.05) is 0 Å². The van der Waals surface area contributed by atoms with Crippen LogP contribution in [0.4, 0.5) is 10.6 Å². The van der Waals surface area contributed by atoms with Crippen LogP contribution >= 0.6 is 11.8 Å². The van der Waals surface area contributed by atoms with Gasteiger partial charge in [0.2, 0.25) is 5.91 Å². The number of pyridine rings is 1. The first-order valence-electron chi connectivity index (χ1n) is 9.38. The molecule has 0 spiro atoms. The molecule has 1 aliphatic rings. The Morgan fingerprint density at radius 1 is 1.31 bits per heavy atom. The van der Waals surface area contributed by atoms with E-state index in [1.165, 1.54) is 18.3 Å². The molecular formula is C18H19N3O4S. The van der Waals surface area contributed by atoms with Gasteiger partial charge in [0, 0.05) is 11.1 Å². The van der Waals surface area contributed by atoms with Crippen molar-refractivity contribution in [1.29, 1.82) is 0 Å². The van der Waals surface area contributed by atoms with Gasteiger partial charge in [-0.3, -0.25) is 14.9 Å². The standard InChI is InChI=1S/C18H19N3O4S/c1-21(16-7-4-13(22)11-19-16)8-9-25-14-5-2-12(3-6-14)10-15-17(23)20-18(24)26-15/h2-7,11,15,22H,8-10H2,1H3,(H,20,23,24)/i1+1D3. The summed E-state index contributed by atoms with van der Waals surface area (Å²) in [5, 5.41) is 10.8. The van der Waals surface area contributed by atoms with E-state index in [0.717, 1.165) is 22.2 Å². The third-order valence-electron chi connectivity index (χ3n) is 3.70. The molecule has 0 aliphatic carbocycles. The zero-order valence-electron chi connectivity index (χ0n) is 16.7. The summed E-state index contributed by atoms with van der Waals surface area (Å²) in [6.07, 6.45) is 1.62. The number of thioether (sulfide) groups is 1. The van der Waals surface area contributed by atoms with Crippen LogP contribution in [0.15, 0.2) is 42.6 Å². The van der Waals surface area contributed by atoms with Crippen LogP contribution in [0.5, 0.6) is 11.5 Å². The van der Waals surface area contributed by atoms with Crippen molar-refractivity contribution in [1.82, 2.24) is 10.3 Å². The molecule has 1 aromatic heterocycles. The lowest BCUT2D eigenvalue weighted by atomic mass is 10.1. The number of carbonyl (C=O) groups is 2. The van der Waals surface area contributed by atoms with Crippen LogP contribution < -0.4 is 15.0 Å². The SMILES string of the molecule is [2H][13C]([2H])([2H])N(CCOc1ccc(CC2SC(=O)NC2=O)cc1)c1ccc(O)cn1. The zero-order chi connectivity index (χ0) is 21.0. The van der Waals surface area contributed by atoms with Crippen LogP contribution in [-0.4, -0.2) is 46.6 Å². The van der Waals surface area contributed by atoms with Crippen molar-refractivity contribution in [3.63, 3.8) is 0 Å². The molecule has 0 radical (unpaired) electrons. The molecule has 2 heterocycles. The lowest BCUT2D eigenvalue weighted by molar-refractivity contribution is -0.118. The molecular weight excluding hydrogens is 355 g/mol. The van der Waals surface area contributed by atoms with Gasteiger partial charge in [-0.05, 0) is 36.2 Å². The van der Waals surface area contributed by atoms with Crippen molar-refractivity contribution < 1.29 is 23.5 Å². The first-order chi connectivity index (χ1) is 13.7. The second-order valence-electron chi connectivity index (χ2n) is 5.61. The highest BCUT2D eigenvalue weighted by Gasteiger charge is 2.31. The number of imide groups is 1. The Labute approximate surface area is 159 Å². The average molecular weight is 377 g/mol. The predicted molar refractivity (Wildman–Crippen MR) is 99.7 cm³/mol. The van der Waals surface area contributed by atoms with E-state index in [1.54, 1.807) is 24.3 Å². The number of amides is 2. The minimum absolute atomic E-state index is 0.0477. The molecule has 2 N–H and O–H groups in total. The van der Waals surface area contributed by atoms with Crippen molar-refractivity contribution in [2.45, 2.75) is 11.7 Å². The molecule has 1 unspecified atom stereocenters. The van der Waals surface area contributed by atoms with E-state index in [-0.39, 0.29) is 35.9 Å². The number of aromatic nitrogens is 1. The molecule has 3 rings (SSSR count). The summed E-state index contributed by atoms with van der Waals surface area (Å²) < 4.78 is 28.6. The van der Waals surface area contributed by atoms with Crippen LogP contribution in [0, 0.1) is 0 Å². The molecule has 2 amide bonds. The van der Waals surface area contributed by atoms with Crippen molar-refractivity contribution in [3.8, 4) is 11.5 Å². The Morgan fingerprint density at radius 2 is 2.12 bits per heavy atom. The topological polar surface area (TPSA) is 91.8 Å². The number of ether oxygens (including phenoxy) is 1. The Morgan fingerprint density at radius 3 is 2.73 bits per heavy atom. The largest absolute Gasteiger partial charge is 0.506 e. The fraction of sp³-hybridized carbons (Fsp3) is 0.278. The number of aromatic hydroxyl groups is 1. The lowest BCUT2D eigenvalue weighted by Crippen LogP contribution is -2.25. The highest BCUT2D eigenvalue weighted by Crippen LogP contribution is 2.24. The predicted octanol–water partition coefficient (Wildman–Crippen LogP) is 2.20. The number of nitrogens with zero attached hydrogens (tertiary/aromatic N) is 2. The summed E-state index contributed by atoms with van der Waals surface area (Å²) in [5.74, 6) is 0.433. The van der Waals surface area contributed by atoms with E-state index in [9.17, 15) is 14.7 Å². The summed E-state index contributed by atoms with van der Waals surface area (Å²) in [4.78, 5) is 27.9. The molecule has 0 bridgehead atoms. The molecule has 1 saturated heterocycles. The number of carbonyl (C=O) groups excluding carboxylic acids is 2. The summed E-state index contributed by atoms with van der Waals surface area (Å²) in [6.45, 7) is -2.24. The van der Waals surface area contributed by atoms with Crippen LogP contribution in [0.2, 0.25) is 0 Å². The Balaban J connectivity index is 1.55. The minimum atomic E-state index is -2.41. The highest BCUT2D eigenvalue weighted by atomic mass is 32.2. The molecule has 1 aromatic carbocycles. The maximum absolute atomic E-state index is 11.6. The van der Waals surface area contributed by atoms with E-state index in [4.69, 9.17) is 8.85 Å². The van der Waals surface area contributed by atoms with Crippen LogP contribution in [0.3, 0.4) is 0 Å². The first-order valence-corrected chi connectivity index (χ1v) is 8.76. The number of nitrogens with one attached hydrogen (secondary N) is 1. The van der Waals surface area contributed by atoms with E-state index >= 15 is 0 Å². The van der Waals surface area contributed by atoms with E-state index < -0.39 is 12.2 Å². The summed E-state index contributed by atoms with van der Waals surface area (Å²) >= 11 is 0.980. The fourth-order valence-electron chi connectivity index (χ4n) is 2.37. The fourth-order valence-corrected chi connectivity index (χ4v) is 3.23. The Hall–Kier alpha value is -2.74. The van der Waals surface area contributed by atoms with Gasteiger partial charge >= 0.3 is 0 Å². The van der Waals surface area contributed by atoms with Gasteiger partial charge in [0.1, 0.15) is 23.9 Å². The summed E-state index contributed by atoms with van der Waals surface area (Å²) in [5.41, 5.74) is 0.886. The number of rotatable bonds is 7. The Bertz CT molecular complexity index is 875. The zero-order valence-corrected chi connectivity index (χ0v) is 14.5. The van der Waals surface area contributed by atoms with Gasteiger partial charge in [-0.2, -0.15) is 0 Å². The van der Waals surface area contributed by atoms with Gasteiger partial charge in [0.05, 0.1) is 18.0 Å². The molecule has 1 aliphatic heterocycles.